The molecule has 1 aromatic rings. The van der Waals surface area contributed by atoms with Gasteiger partial charge in [-0.15, -0.1) is 0 Å². The molecule has 1 aliphatic heterocycles. The van der Waals surface area contributed by atoms with Crippen LogP contribution in [0, 0.1) is 5.92 Å². The Morgan fingerprint density at radius 3 is 2.81 bits per heavy atom. The van der Waals surface area contributed by atoms with Gasteiger partial charge in [0.1, 0.15) is 0 Å². The highest BCUT2D eigenvalue weighted by molar-refractivity contribution is 5.44. The Kier molecular flexibility index (Phi) is 3.31. The topological polar surface area (TPSA) is 70.5 Å². The average molecular weight is 222 g/mol. The van der Waals surface area contributed by atoms with Crippen molar-refractivity contribution < 1.29 is 9.47 Å². The van der Waals surface area contributed by atoms with Crippen molar-refractivity contribution in [1.82, 2.24) is 0 Å². The van der Waals surface area contributed by atoms with Crippen LogP contribution < -0.4 is 20.9 Å². The quantitative estimate of drug-likeness (QED) is 0.793. The van der Waals surface area contributed by atoms with E-state index in [0.29, 0.717) is 19.3 Å². The third-order valence-corrected chi connectivity index (χ3v) is 3.00. The van der Waals surface area contributed by atoms with Gasteiger partial charge >= 0.3 is 0 Å². The predicted molar refractivity (Wildman–Crippen MR) is 62.5 cm³/mol. The molecule has 4 heteroatoms. The Labute approximate surface area is 95.5 Å². The van der Waals surface area contributed by atoms with Gasteiger partial charge in [-0.2, -0.15) is 0 Å². The van der Waals surface area contributed by atoms with Gasteiger partial charge in [0.25, 0.3) is 0 Å². The molecule has 2 rings (SSSR count). The first-order valence-corrected chi connectivity index (χ1v) is 5.55. The van der Waals surface area contributed by atoms with Crippen LogP contribution >= 0.6 is 0 Å². The number of hydrogen-bond acceptors (Lipinski definition) is 4. The van der Waals surface area contributed by atoms with E-state index in [4.69, 9.17) is 20.9 Å². The van der Waals surface area contributed by atoms with Gasteiger partial charge in [-0.1, -0.05) is 13.0 Å². The average Bonchev–Trinajstić information content (AvgIpc) is 2.75. The van der Waals surface area contributed by atoms with Crippen molar-refractivity contribution in [1.29, 1.82) is 0 Å². The second-order valence-electron chi connectivity index (χ2n) is 4.27. The van der Waals surface area contributed by atoms with Gasteiger partial charge in [0.2, 0.25) is 6.79 Å². The highest BCUT2D eigenvalue weighted by Crippen LogP contribution is 2.33. The van der Waals surface area contributed by atoms with Crippen molar-refractivity contribution >= 4 is 0 Å². The molecule has 0 amide bonds. The van der Waals surface area contributed by atoms with Crippen molar-refractivity contribution in [3.8, 4) is 11.5 Å². The monoisotopic (exact) mass is 222 g/mol. The normalized spacial score (nSPS) is 17.2. The van der Waals surface area contributed by atoms with E-state index >= 15 is 0 Å². The zero-order valence-corrected chi connectivity index (χ0v) is 9.48. The fraction of sp³-hybridized carbons (Fsp3) is 0.500. The standard InChI is InChI=1S/C12H18N2O2/c1-8(10(14)6-13)4-9-2-3-11-12(5-9)16-7-15-11/h2-3,5,8,10H,4,6-7,13-14H2,1H3. The van der Waals surface area contributed by atoms with Crippen LogP contribution in [0.5, 0.6) is 11.5 Å². The molecule has 0 radical (unpaired) electrons. The number of hydrogen-bond donors (Lipinski definition) is 2. The summed E-state index contributed by atoms with van der Waals surface area (Å²) in [6, 6.07) is 6.05. The largest absolute Gasteiger partial charge is 0.454 e. The lowest BCUT2D eigenvalue weighted by Gasteiger charge is -2.18. The van der Waals surface area contributed by atoms with E-state index in [1.165, 1.54) is 5.56 Å². The van der Waals surface area contributed by atoms with Gasteiger partial charge in [-0.25, -0.2) is 0 Å². The van der Waals surface area contributed by atoms with Gasteiger partial charge in [0.05, 0.1) is 0 Å². The van der Waals surface area contributed by atoms with E-state index < -0.39 is 0 Å². The third kappa shape index (κ3) is 2.28. The summed E-state index contributed by atoms with van der Waals surface area (Å²) in [5.74, 6) is 2.01. The van der Waals surface area contributed by atoms with Crippen molar-refractivity contribution in [2.75, 3.05) is 13.3 Å². The molecule has 0 spiro atoms. The highest BCUT2D eigenvalue weighted by Gasteiger charge is 2.16. The first kappa shape index (κ1) is 11.2. The summed E-state index contributed by atoms with van der Waals surface area (Å²) in [6.07, 6.45) is 0.912. The van der Waals surface area contributed by atoms with Crippen molar-refractivity contribution in [3.05, 3.63) is 23.8 Å². The van der Waals surface area contributed by atoms with E-state index in [2.05, 4.69) is 6.92 Å². The fourth-order valence-corrected chi connectivity index (χ4v) is 1.82. The fourth-order valence-electron chi connectivity index (χ4n) is 1.82. The Balaban J connectivity index is 2.05. The summed E-state index contributed by atoms with van der Waals surface area (Å²) in [5, 5.41) is 0. The lowest BCUT2D eigenvalue weighted by molar-refractivity contribution is 0.174. The number of rotatable bonds is 4. The molecule has 88 valence electrons. The van der Waals surface area contributed by atoms with E-state index in [-0.39, 0.29) is 6.04 Å². The van der Waals surface area contributed by atoms with E-state index in [1.54, 1.807) is 0 Å². The first-order valence-electron chi connectivity index (χ1n) is 5.55. The maximum atomic E-state index is 5.90. The second-order valence-corrected chi connectivity index (χ2v) is 4.27. The zero-order valence-electron chi connectivity index (χ0n) is 9.48. The minimum absolute atomic E-state index is 0.0467. The zero-order chi connectivity index (χ0) is 11.5. The number of ether oxygens (including phenoxy) is 2. The van der Waals surface area contributed by atoms with E-state index in [9.17, 15) is 0 Å². The van der Waals surface area contributed by atoms with Gasteiger partial charge in [-0.3, -0.25) is 0 Å². The molecule has 0 aliphatic carbocycles. The van der Waals surface area contributed by atoms with Gasteiger partial charge in [-0.05, 0) is 30.0 Å². The van der Waals surface area contributed by atoms with Crippen LogP contribution in [0.3, 0.4) is 0 Å². The summed E-state index contributed by atoms with van der Waals surface area (Å²) in [7, 11) is 0. The van der Waals surface area contributed by atoms with E-state index in [0.717, 1.165) is 17.9 Å². The lowest BCUT2D eigenvalue weighted by atomic mass is 9.94. The molecule has 0 bridgehead atoms. The predicted octanol–water partition coefficient (Wildman–Crippen LogP) is 0.880. The highest BCUT2D eigenvalue weighted by atomic mass is 16.7. The Hall–Kier alpha value is -1.26. The Bertz CT molecular complexity index is 368. The Morgan fingerprint density at radius 2 is 2.06 bits per heavy atom. The SMILES string of the molecule is CC(Cc1ccc2c(c1)OCO2)C(N)CN. The Morgan fingerprint density at radius 1 is 1.31 bits per heavy atom. The summed E-state index contributed by atoms with van der Waals surface area (Å²) in [5.41, 5.74) is 12.7. The van der Waals surface area contributed by atoms with Crippen LogP contribution in [0.2, 0.25) is 0 Å². The summed E-state index contributed by atoms with van der Waals surface area (Å²) >= 11 is 0. The van der Waals surface area contributed by atoms with Crippen molar-refractivity contribution in [2.24, 2.45) is 17.4 Å². The van der Waals surface area contributed by atoms with Gasteiger partial charge in [0, 0.05) is 12.6 Å². The first-order chi connectivity index (χ1) is 7.70. The molecular weight excluding hydrogens is 204 g/mol. The molecule has 0 saturated heterocycles. The maximum absolute atomic E-state index is 5.90. The van der Waals surface area contributed by atoms with Crippen LogP contribution in [0.25, 0.3) is 0 Å². The van der Waals surface area contributed by atoms with Gasteiger partial charge < -0.3 is 20.9 Å². The van der Waals surface area contributed by atoms with Crippen LogP contribution in [-0.2, 0) is 6.42 Å². The molecular formula is C12H18N2O2. The molecule has 0 aromatic heterocycles. The van der Waals surface area contributed by atoms with Crippen LogP contribution in [-0.4, -0.2) is 19.4 Å². The molecule has 16 heavy (non-hydrogen) atoms. The maximum Gasteiger partial charge on any atom is 0.231 e. The van der Waals surface area contributed by atoms with Crippen molar-refractivity contribution in [3.63, 3.8) is 0 Å². The van der Waals surface area contributed by atoms with Gasteiger partial charge in [0.15, 0.2) is 11.5 Å². The molecule has 1 aromatic carbocycles. The minimum atomic E-state index is 0.0467. The molecule has 2 unspecified atom stereocenters. The van der Waals surface area contributed by atoms with Crippen LogP contribution in [0.4, 0.5) is 0 Å². The number of nitrogens with two attached hydrogens (primary N) is 2. The second kappa shape index (κ2) is 4.72. The summed E-state index contributed by atoms with van der Waals surface area (Å²) in [4.78, 5) is 0. The summed E-state index contributed by atoms with van der Waals surface area (Å²) in [6.45, 7) is 2.95. The molecule has 1 heterocycles. The molecule has 0 saturated carbocycles. The third-order valence-electron chi connectivity index (χ3n) is 3.00. The summed E-state index contributed by atoms with van der Waals surface area (Å²) < 4.78 is 10.6. The number of benzene rings is 1. The molecule has 4 N–H and O–H groups in total. The van der Waals surface area contributed by atoms with Crippen LogP contribution in [0.1, 0.15) is 12.5 Å². The molecule has 2 atom stereocenters. The number of fused-ring (bicyclic) bond motifs is 1. The molecule has 0 fully saturated rings. The molecule has 1 aliphatic rings. The van der Waals surface area contributed by atoms with Crippen molar-refractivity contribution in [2.45, 2.75) is 19.4 Å². The lowest BCUT2D eigenvalue weighted by Crippen LogP contribution is -2.36. The molecule has 4 nitrogen and oxygen atoms in total. The minimum Gasteiger partial charge on any atom is -0.454 e. The smallest absolute Gasteiger partial charge is 0.231 e. The van der Waals surface area contributed by atoms with Crippen LogP contribution in [0.15, 0.2) is 18.2 Å². The van der Waals surface area contributed by atoms with E-state index in [1.807, 2.05) is 18.2 Å².